The van der Waals surface area contributed by atoms with Crippen LogP contribution in [0.3, 0.4) is 0 Å². The van der Waals surface area contributed by atoms with Crippen molar-refractivity contribution in [3.63, 3.8) is 0 Å². The normalized spacial score (nSPS) is 11.2. The highest BCUT2D eigenvalue weighted by atomic mass is 35.5. The van der Waals surface area contributed by atoms with E-state index in [1.54, 1.807) is 29.2 Å². The van der Waals surface area contributed by atoms with E-state index in [1.165, 1.54) is 0 Å². The van der Waals surface area contributed by atoms with Gasteiger partial charge >= 0.3 is 0 Å². The third kappa shape index (κ3) is 7.97. The van der Waals surface area contributed by atoms with Crippen molar-refractivity contribution in [3.8, 4) is 0 Å². The SMILES string of the molecule is C=CCN(CC=C)C(=O)CN(CC(=O)N(CCc1c[nH]c2ccccc12)Cc1ccc(Cl)c(Cl)c1)C(C)C. The van der Waals surface area contributed by atoms with Crippen LogP contribution in [0.4, 0.5) is 0 Å². The molecule has 2 aromatic carbocycles. The zero-order valence-corrected chi connectivity index (χ0v) is 23.6. The number of carbonyl (C=O) groups excluding carboxylic acids is 2. The number of halogens is 2. The largest absolute Gasteiger partial charge is 0.361 e. The molecule has 0 atom stereocenters. The molecule has 0 aliphatic heterocycles. The lowest BCUT2D eigenvalue weighted by atomic mass is 10.1. The first kappa shape index (κ1) is 29.5. The Morgan fingerprint density at radius 1 is 0.947 bits per heavy atom. The first-order chi connectivity index (χ1) is 18.2. The minimum Gasteiger partial charge on any atom is -0.361 e. The number of benzene rings is 2. The van der Waals surface area contributed by atoms with Gasteiger partial charge in [0.25, 0.3) is 0 Å². The Labute approximate surface area is 235 Å². The first-order valence-corrected chi connectivity index (χ1v) is 13.5. The highest BCUT2D eigenvalue weighted by Gasteiger charge is 2.24. The second-order valence-electron chi connectivity index (χ2n) is 9.55. The van der Waals surface area contributed by atoms with Crippen LogP contribution in [-0.4, -0.2) is 70.3 Å². The van der Waals surface area contributed by atoms with E-state index in [4.69, 9.17) is 23.2 Å². The van der Waals surface area contributed by atoms with Gasteiger partial charge in [0.05, 0.1) is 23.1 Å². The standard InChI is InChI=1S/C30H36Cl2N4O2/c1-5-14-34(15-6-2)29(37)20-36(22(3)4)21-30(38)35(19-23-11-12-26(31)27(32)17-23)16-13-24-18-33-28-10-8-7-9-25(24)28/h5-12,17-18,22,33H,1-2,13-16,19-21H2,3-4H3. The quantitative estimate of drug-likeness (QED) is 0.250. The zero-order chi connectivity index (χ0) is 27.7. The van der Waals surface area contributed by atoms with E-state index in [1.807, 2.05) is 54.1 Å². The molecule has 1 aromatic heterocycles. The molecule has 0 aliphatic rings. The van der Waals surface area contributed by atoms with Crippen molar-refractivity contribution in [3.05, 3.63) is 95.1 Å². The molecule has 0 aliphatic carbocycles. The Morgan fingerprint density at radius 3 is 2.24 bits per heavy atom. The Bertz CT molecular complexity index is 1260. The second-order valence-corrected chi connectivity index (χ2v) is 10.4. The Kier molecular flexibility index (Phi) is 11.0. The van der Waals surface area contributed by atoms with Crippen molar-refractivity contribution in [2.24, 2.45) is 0 Å². The molecule has 38 heavy (non-hydrogen) atoms. The van der Waals surface area contributed by atoms with Gasteiger partial charge in [0.2, 0.25) is 11.8 Å². The van der Waals surface area contributed by atoms with Crippen LogP contribution >= 0.6 is 23.2 Å². The van der Waals surface area contributed by atoms with Crippen molar-refractivity contribution < 1.29 is 9.59 Å². The fraction of sp³-hybridized carbons (Fsp3) is 0.333. The number of hydrogen-bond donors (Lipinski definition) is 1. The van der Waals surface area contributed by atoms with Crippen LogP contribution in [0.2, 0.25) is 10.0 Å². The van der Waals surface area contributed by atoms with E-state index in [2.05, 4.69) is 24.2 Å². The highest BCUT2D eigenvalue weighted by Crippen LogP contribution is 2.24. The van der Waals surface area contributed by atoms with E-state index >= 15 is 0 Å². The molecule has 1 N–H and O–H groups in total. The molecule has 0 unspecified atom stereocenters. The number of aromatic amines is 1. The Morgan fingerprint density at radius 2 is 1.61 bits per heavy atom. The van der Waals surface area contributed by atoms with Gasteiger partial charge in [-0.1, -0.05) is 59.6 Å². The number of nitrogens with one attached hydrogen (secondary N) is 1. The number of H-pyrrole nitrogens is 1. The summed E-state index contributed by atoms with van der Waals surface area (Å²) in [6.45, 7) is 13.5. The molecule has 6 nitrogen and oxygen atoms in total. The third-order valence-electron chi connectivity index (χ3n) is 6.49. The molecule has 0 radical (unpaired) electrons. The summed E-state index contributed by atoms with van der Waals surface area (Å²) < 4.78 is 0. The lowest BCUT2D eigenvalue weighted by Crippen LogP contribution is -2.48. The van der Waals surface area contributed by atoms with Gasteiger partial charge < -0.3 is 14.8 Å². The molecule has 202 valence electrons. The monoisotopic (exact) mass is 554 g/mol. The zero-order valence-electron chi connectivity index (χ0n) is 22.1. The molecular weight excluding hydrogens is 519 g/mol. The van der Waals surface area contributed by atoms with Crippen LogP contribution in [0.15, 0.2) is 74.0 Å². The maximum absolute atomic E-state index is 13.7. The van der Waals surface area contributed by atoms with Gasteiger partial charge in [0.15, 0.2) is 0 Å². The Hall–Kier alpha value is -3.06. The molecule has 2 amide bonds. The summed E-state index contributed by atoms with van der Waals surface area (Å²) in [4.78, 5) is 35.4. The molecule has 3 aromatic rings. The summed E-state index contributed by atoms with van der Waals surface area (Å²) in [5.74, 6) is -0.127. The van der Waals surface area contributed by atoms with E-state index in [0.29, 0.717) is 42.6 Å². The van der Waals surface area contributed by atoms with Crippen LogP contribution < -0.4 is 0 Å². The number of para-hydroxylation sites is 1. The summed E-state index contributed by atoms with van der Waals surface area (Å²) in [6.07, 6.45) is 6.06. The maximum Gasteiger partial charge on any atom is 0.237 e. The van der Waals surface area contributed by atoms with Crippen LogP contribution in [-0.2, 0) is 22.6 Å². The van der Waals surface area contributed by atoms with Crippen LogP contribution in [0.5, 0.6) is 0 Å². The van der Waals surface area contributed by atoms with Crippen LogP contribution in [0, 0.1) is 0 Å². The van der Waals surface area contributed by atoms with Crippen molar-refractivity contribution in [2.75, 3.05) is 32.7 Å². The predicted octanol–water partition coefficient (Wildman–Crippen LogP) is 5.96. The topological polar surface area (TPSA) is 59.7 Å². The number of aromatic nitrogens is 1. The fourth-order valence-corrected chi connectivity index (χ4v) is 4.62. The number of fused-ring (bicyclic) bond motifs is 1. The predicted molar refractivity (Wildman–Crippen MR) is 158 cm³/mol. The fourth-order valence-electron chi connectivity index (χ4n) is 4.30. The van der Waals surface area contributed by atoms with Gasteiger partial charge in [-0.2, -0.15) is 0 Å². The summed E-state index contributed by atoms with van der Waals surface area (Å²) in [6, 6.07) is 13.5. The summed E-state index contributed by atoms with van der Waals surface area (Å²) >= 11 is 12.4. The van der Waals surface area contributed by atoms with Crippen molar-refractivity contribution in [1.82, 2.24) is 19.7 Å². The van der Waals surface area contributed by atoms with E-state index in [0.717, 1.165) is 22.0 Å². The smallest absolute Gasteiger partial charge is 0.237 e. The summed E-state index contributed by atoms with van der Waals surface area (Å²) in [5, 5.41) is 2.07. The van der Waals surface area contributed by atoms with E-state index in [9.17, 15) is 9.59 Å². The van der Waals surface area contributed by atoms with Gasteiger partial charge in [-0.25, -0.2) is 0 Å². The molecule has 0 saturated carbocycles. The second kappa shape index (κ2) is 14.2. The molecular formula is C30H36Cl2N4O2. The third-order valence-corrected chi connectivity index (χ3v) is 7.23. The van der Waals surface area contributed by atoms with E-state index in [-0.39, 0.29) is 30.9 Å². The number of rotatable bonds is 14. The number of amides is 2. The molecule has 0 fully saturated rings. The van der Waals surface area contributed by atoms with Gasteiger partial charge in [0.1, 0.15) is 0 Å². The molecule has 0 bridgehead atoms. The van der Waals surface area contributed by atoms with Crippen LogP contribution in [0.1, 0.15) is 25.0 Å². The molecule has 8 heteroatoms. The summed E-state index contributed by atoms with van der Waals surface area (Å²) in [5.41, 5.74) is 3.10. The highest BCUT2D eigenvalue weighted by molar-refractivity contribution is 6.42. The lowest BCUT2D eigenvalue weighted by Gasteiger charge is -2.31. The lowest BCUT2D eigenvalue weighted by molar-refractivity contribution is -0.136. The van der Waals surface area contributed by atoms with Crippen molar-refractivity contribution >= 4 is 45.9 Å². The van der Waals surface area contributed by atoms with Gasteiger partial charge in [0, 0.05) is 49.3 Å². The number of hydrogen-bond acceptors (Lipinski definition) is 3. The maximum atomic E-state index is 13.7. The number of nitrogens with zero attached hydrogens (tertiary/aromatic N) is 3. The van der Waals surface area contributed by atoms with Crippen LogP contribution in [0.25, 0.3) is 10.9 Å². The van der Waals surface area contributed by atoms with Gasteiger partial charge in [-0.3, -0.25) is 14.5 Å². The Balaban J connectivity index is 1.79. The molecule has 0 saturated heterocycles. The minimum atomic E-state index is -0.0684. The van der Waals surface area contributed by atoms with E-state index < -0.39 is 0 Å². The average molecular weight is 556 g/mol. The molecule has 0 spiro atoms. The minimum absolute atomic E-state index is 0.00217. The van der Waals surface area contributed by atoms with Crippen molar-refractivity contribution in [1.29, 1.82) is 0 Å². The van der Waals surface area contributed by atoms with Crippen molar-refractivity contribution in [2.45, 2.75) is 32.9 Å². The van der Waals surface area contributed by atoms with Gasteiger partial charge in [-0.05, 0) is 49.6 Å². The van der Waals surface area contributed by atoms with Gasteiger partial charge in [-0.15, -0.1) is 13.2 Å². The molecule has 3 rings (SSSR count). The average Bonchev–Trinajstić information content (AvgIpc) is 3.31. The summed E-state index contributed by atoms with van der Waals surface area (Å²) in [7, 11) is 0. The number of carbonyl (C=O) groups is 2. The first-order valence-electron chi connectivity index (χ1n) is 12.7. The molecule has 1 heterocycles.